The highest BCUT2D eigenvalue weighted by molar-refractivity contribution is 5.99. The van der Waals surface area contributed by atoms with Crippen LogP contribution in [-0.4, -0.2) is 47.8 Å². The lowest BCUT2D eigenvalue weighted by atomic mass is 9.95. The van der Waals surface area contributed by atoms with Crippen molar-refractivity contribution in [2.75, 3.05) is 26.2 Å². The molecular weight excluding hydrogens is 335 g/mol. The summed E-state index contributed by atoms with van der Waals surface area (Å²) in [6.07, 6.45) is 3.56. The van der Waals surface area contributed by atoms with Gasteiger partial charge in [-0.05, 0) is 50.8 Å². The van der Waals surface area contributed by atoms with E-state index in [4.69, 9.17) is 4.42 Å². The Morgan fingerprint density at radius 3 is 2.46 bits per heavy atom. The Kier molecular flexibility index (Phi) is 4.42. The van der Waals surface area contributed by atoms with Crippen molar-refractivity contribution in [2.24, 2.45) is 5.92 Å². The third-order valence-electron chi connectivity index (χ3n) is 5.64. The molecule has 2 amide bonds. The van der Waals surface area contributed by atoms with Gasteiger partial charge in [-0.25, -0.2) is 4.39 Å². The molecule has 6 heteroatoms. The van der Waals surface area contributed by atoms with Crippen molar-refractivity contribution >= 4 is 22.8 Å². The number of fused-ring (bicyclic) bond motifs is 1. The van der Waals surface area contributed by atoms with Crippen molar-refractivity contribution in [3.8, 4) is 0 Å². The molecule has 1 aromatic heterocycles. The molecule has 3 heterocycles. The molecule has 0 atom stereocenters. The summed E-state index contributed by atoms with van der Waals surface area (Å²) in [6, 6.07) is 4.27. The Balaban J connectivity index is 1.45. The van der Waals surface area contributed by atoms with E-state index >= 15 is 0 Å². The van der Waals surface area contributed by atoms with Gasteiger partial charge in [0.05, 0.1) is 0 Å². The van der Waals surface area contributed by atoms with Crippen LogP contribution in [0.5, 0.6) is 0 Å². The molecule has 5 nitrogen and oxygen atoms in total. The highest BCUT2D eigenvalue weighted by atomic mass is 19.1. The van der Waals surface area contributed by atoms with E-state index in [1.54, 1.807) is 17.9 Å². The van der Waals surface area contributed by atoms with Crippen LogP contribution < -0.4 is 0 Å². The van der Waals surface area contributed by atoms with Crippen LogP contribution in [0.15, 0.2) is 22.6 Å². The van der Waals surface area contributed by atoms with Gasteiger partial charge in [-0.2, -0.15) is 0 Å². The quantitative estimate of drug-likeness (QED) is 0.827. The van der Waals surface area contributed by atoms with Crippen molar-refractivity contribution in [3.63, 3.8) is 0 Å². The van der Waals surface area contributed by atoms with Crippen LogP contribution in [0.25, 0.3) is 11.0 Å². The lowest BCUT2D eigenvalue weighted by Crippen LogP contribution is -2.43. The molecular formula is C20H23FN2O3. The summed E-state index contributed by atoms with van der Waals surface area (Å²) in [5, 5.41) is 0.632. The average molecular weight is 358 g/mol. The lowest BCUT2D eigenvalue weighted by Gasteiger charge is -2.32. The van der Waals surface area contributed by atoms with Gasteiger partial charge in [0, 0.05) is 43.0 Å². The van der Waals surface area contributed by atoms with Gasteiger partial charge in [0.2, 0.25) is 5.91 Å². The van der Waals surface area contributed by atoms with Crippen molar-refractivity contribution in [3.05, 3.63) is 35.3 Å². The number of halogens is 1. The van der Waals surface area contributed by atoms with Gasteiger partial charge < -0.3 is 14.2 Å². The molecule has 0 bridgehead atoms. The Hall–Kier alpha value is -2.37. The molecule has 26 heavy (non-hydrogen) atoms. The fraction of sp³-hybridized carbons (Fsp3) is 0.500. The minimum Gasteiger partial charge on any atom is -0.451 e. The van der Waals surface area contributed by atoms with Gasteiger partial charge in [-0.3, -0.25) is 9.59 Å². The zero-order chi connectivity index (χ0) is 18.3. The van der Waals surface area contributed by atoms with Crippen LogP contribution in [0.2, 0.25) is 0 Å². The molecule has 2 aliphatic heterocycles. The summed E-state index contributed by atoms with van der Waals surface area (Å²) < 4.78 is 19.1. The summed E-state index contributed by atoms with van der Waals surface area (Å²) >= 11 is 0. The van der Waals surface area contributed by atoms with Crippen LogP contribution in [-0.2, 0) is 4.79 Å². The second-order valence-corrected chi connectivity index (χ2v) is 7.30. The van der Waals surface area contributed by atoms with E-state index in [2.05, 4.69) is 0 Å². The molecule has 0 N–H and O–H groups in total. The van der Waals surface area contributed by atoms with Crippen LogP contribution in [0.1, 0.15) is 41.8 Å². The van der Waals surface area contributed by atoms with E-state index in [-0.39, 0.29) is 29.3 Å². The molecule has 0 saturated carbocycles. The summed E-state index contributed by atoms with van der Waals surface area (Å²) in [6.45, 7) is 4.61. The van der Waals surface area contributed by atoms with E-state index in [0.717, 1.165) is 25.9 Å². The smallest absolute Gasteiger partial charge is 0.289 e. The average Bonchev–Trinajstić information content (AvgIpc) is 3.30. The highest BCUT2D eigenvalue weighted by Gasteiger charge is 2.32. The van der Waals surface area contributed by atoms with Gasteiger partial charge in [0.15, 0.2) is 5.76 Å². The standard InChI is InChI=1S/C20H23FN2O3/c1-13-16-12-15(21)4-5-17(16)26-18(13)20(25)23-10-6-14(7-11-23)19(24)22-8-2-3-9-22/h4-5,12,14H,2-3,6-11H2,1H3. The maximum Gasteiger partial charge on any atom is 0.289 e. The van der Waals surface area contributed by atoms with Crippen LogP contribution in [0, 0.1) is 18.7 Å². The molecule has 1 aromatic carbocycles. The molecule has 138 valence electrons. The first-order valence-corrected chi connectivity index (χ1v) is 9.31. The number of aryl methyl sites for hydroxylation is 1. The lowest BCUT2D eigenvalue weighted by molar-refractivity contribution is -0.135. The van der Waals surface area contributed by atoms with Gasteiger partial charge in [0.25, 0.3) is 5.91 Å². The SMILES string of the molecule is Cc1c(C(=O)N2CCC(C(=O)N3CCCC3)CC2)oc2ccc(F)cc12. The molecule has 2 fully saturated rings. The number of carbonyl (C=O) groups excluding carboxylic acids is 2. The first-order valence-electron chi connectivity index (χ1n) is 9.31. The molecule has 2 saturated heterocycles. The number of hydrogen-bond donors (Lipinski definition) is 0. The number of amides is 2. The largest absolute Gasteiger partial charge is 0.451 e. The number of furan rings is 1. The van der Waals surface area contributed by atoms with E-state index < -0.39 is 0 Å². The summed E-state index contributed by atoms with van der Waals surface area (Å²) in [7, 11) is 0. The molecule has 0 radical (unpaired) electrons. The highest BCUT2D eigenvalue weighted by Crippen LogP contribution is 2.29. The van der Waals surface area contributed by atoms with Crippen molar-refractivity contribution < 1.29 is 18.4 Å². The van der Waals surface area contributed by atoms with Gasteiger partial charge in [-0.1, -0.05) is 0 Å². The molecule has 2 aliphatic rings. The summed E-state index contributed by atoms with van der Waals surface area (Å²) in [4.78, 5) is 29.1. The summed E-state index contributed by atoms with van der Waals surface area (Å²) in [5.41, 5.74) is 1.19. The Bertz CT molecular complexity index is 846. The monoisotopic (exact) mass is 358 g/mol. The Morgan fingerprint density at radius 1 is 1.08 bits per heavy atom. The van der Waals surface area contributed by atoms with E-state index in [9.17, 15) is 14.0 Å². The molecule has 0 unspecified atom stereocenters. The predicted octanol–water partition coefficient (Wildman–Crippen LogP) is 3.35. The number of rotatable bonds is 2. The first-order chi connectivity index (χ1) is 12.5. The molecule has 0 spiro atoms. The van der Waals surface area contributed by atoms with Crippen LogP contribution in [0.4, 0.5) is 4.39 Å². The number of benzene rings is 1. The molecule has 2 aromatic rings. The van der Waals surface area contributed by atoms with E-state index in [1.807, 2.05) is 4.90 Å². The Labute approximate surface area is 151 Å². The van der Waals surface area contributed by atoms with Crippen LogP contribution >= 0.6 is 0 Å². The normalized spacial score (nSPS) is 18.7. The zero-order valence-electron chi connectivity index (χ0n) is 15.0. The topological polar surface area (TPSA) is 53.8 Å². The number of nitrogens with zero attached hydrogens (tertiary/aromatic N) is 2. The van der Waals surface area contributed by atoms with Crippen molar-refractivity contribution in [1.29, 1.82) is 0 Å². The van der Waals surface area contributed by atoms with Gasteiger partial charge in [-0.15, -0.1) is 0 Å². The molecule has 0 aliphatic carbocycles. The second-order valence-electron chi connectivity index (χ2n) is 7.30. The minimum atomic E-state index is -0.346. The zero-order valence-corrected chi connectivity index (χ0v) is 15.0. The number of likely N-dealkylation sites (tertiary alicyclic amines) is 2. The number of piperidine rings is 1. The fourth-order valence-electron chi connectivity index (χ4n) is 4.07. The second kappa shape index (κ2) is 6.74. The summed E-state index contributed by atoms with van der Waals surface area (Å²) in [5.74, 6) is 0.00995. The van der Waals surface area contributed by atoms with E-state index in [0.29, 0.717) is 42.5 Å². The maximum atomic E-state index is 13.5. The van der Waals surface area contributed by atoms with Gasteiger partial charge in [0.1, 0.15) is 11.4 Å². The maximum absolute atomic E-state index is 13.5. The minimum absolute atomic E-state index is 0.0167. The van der Waals surface area contributed by atoms with Gasteiger partial charge >= 0.3 is 0 Å². The van der Waals surface area contributed by atoms with E-state index in [1.165, 1.54) is 12.1 Å². The van der Waals surface area contributed by atoms with Crippen molar-refractivity contribution in [2.45, 2.75) is 32.6 Å². The number of hydrogen-bond acceptors (Lipinski definition) is 3. The first kappa shape index (κ1) is 17.1. The fourth-order valence-corrected chi connectivity index (χ4v) is 4.07. The van der Waals surface area contributed by atoms with Crippen molar-refractivity contribution in [1.82, 2.24) is 9.80 Å². The predicted molar refractivity (Wildman–Crippen MR) is 95.4 cm³/mol. The number of carbonyl (C=O) groups is 2. The molecule has 4 rings (SSSR count). The van der Waals surface area contributed by atoms with Crippen LogP contribution in [0.3, 0.4) is 0 Å². The third kappa shape index (κ3) is 2.97. The third-order valence-corrected chi connectivity index (χ3v) is 5.64. The Morgan fingerprint density at radius 2 is 1.77 bits per heavy atom.